The van der Waals surface area contributed by atoms with Gasteiger partial charge in [-0.2, -0.15) is 5.26 Å². The zero-order chi connectivity index (χ0) is 23.5. The van der Waals surface area contributed by atoms with Crippen molar-refractivity contribution < 1.29 is 19.0 Å². The predicted octanol–water partition coefficient (Wildman–Crippen LogP) is 6.80. The summed E-state index contributed by atoms with van der Waals surface area (Å²) in [7, 11) is 0. The Balaban J connectivity index is 1.72. The van der Waals surface area contributed by atoms with E-state index in [4.69, 9.17) is 19.5 Å². The molecule has 0 radical (unpaired) electrons. The molecule has 3 rings (SSSR count). The molecule has 0 unspecified atom stereocenters. The molecule has 0 amide bonds. The highest BCUT2D eigenvalue weighted by atomic mass is 16.5. The number of hydrogen-bond donors (Lipinski definition) is 0. The van der Waals surface area contributed by atoms with Crippen molar-refractivity contribution in [2.45, 2.75) is 39.5 Å². The highest BCUT2D eigenvalue weighted by molar-refractivity contribution is 5.94. The van der Waals surface area contributed by atoms with Gasteiger partial charge in [0, 0.05) is 6.07 Å². The summed E-state index contributed by atoms with van der Waals surface area (Å²) in [6.07, 6.45) is 3.91. The number of benzene rings is 3. The maximum Gasteiger partial charge on any atom is 0.347 e. The van der Waals surface area contributed by atoms with Crippen molar-refractivity contribution in [3.8, 4) is 34.4 Å². The highest BCUT2D eigenvalue weighted by Gasteiger charge is 2.17. The summed E-state index contributed by atoms with van der Waals surface area (Å²) in [6.45, 7) is 5.35. The van der Waals surface area contributed by atoms with Crippen molar-refractivity contribution in [1.82, 2.24) is 0 Å². The van der Waals surface area contributed by atoms with Gasteiger partial charge in [0.25, 0.3) is 0 Å². The molecular weight excluding hydrogens is 414 g/mol. The molecule has 0 aliphatic heterocycles. The number of ether oxygens (including phenoxy) is 3. The Hall–Kier alpha value is -3.78. The van der Waals surface area contributed by atoms with Gasteiger partial charge in [0.15, 0.2) is 0 Å². The van der Waals surface area contributed by atoms with Crippen LogP contribution in [0.2, 0.25) is 0 Å². The van der Waals surface area contributed by atoms with Gasteiger partial charge in [-0.1, -0.05) is 51.0 Å². The molecule has 0 heterocycles. The van der Waals surface area contributed by atoms with Crippen molar-refractivity contribution in [3.05, 3.63) is 77.9 Å². The SMILES string of the molecule is CCCCOc1ccc(C(=O)Oc2ccc(-c3ccc(C#N)cc3)cc2)c(OCCCC)c1. The molecule has 5 heteroatoms. The van der Waals surface area contributed by atoms with E-state index in [2.05, 4.69) is 19.9 Å². The Bertz CT molecular complexity index is 1080. The second kappa shape index (κ2) is 12.3. The molecule has 0 saturated carbocycles. The standard InChI is InChI=1S/C28H29NO4/c1-3-5-17-31-25-15-16-26(27(19-25)32-18-6-4-2)28(30)33-24-13-11-23(12-14-24)22-9-7-21(20-29)8-10-22/h7-16,19H,3-6,17-18H2,1-2H3. The lowest BCUT2D eigenvalue weighted by atomic mass is 10.0. The molecule has 170 valence electrons. The van der Waals surface area contributed by atoms with Gasteiger partial charge in [-0.3, -0.25) is 0 Å². The molecule has 0 aliphatic carbocycles. The summed E-state index contributed by atoms with van der Waals surface area (Å²) >= 11 is 0. The van der Waals surface area contributed by atoms with Gasteiger partial charge in [0.2, 0.25) is 0 Å². The third kappa shape index (κ3) is 6.85. The van der Waals surface area contributed by atoms with Gasteiger partial charge in [-0.15, -0.1) is 0 Å². The average molecular weight is 444 g/mol. The topological polar surface area (TPSA) is 68.5 Å². The van der Waals surface area contributed by atoms with E-state index in [0.29, 0.717) is 41.6 Å². The van der Waals surface area contributed by atoms with E-state index < -0.39 is 5.97 Å². The number of unbranched alkanes of at least 4 members (excludes halogenated alkanes) is 2. The molecule has 0 bridgehead atoms. The molecule has 5 nitrogen and oxygen atoms in total. The quantitative estimate of drug-likeness (QED) is 0.185. The van der Waals surface area contributed by atoms with Crippen LogP contribution in [-0.4, -0.2) is 19.2 Å². The molecule has 3 aromatic rings. The van der Waals surface area contributed by atoms with Crippen LogP contribution in [0, 0.1) is 11.3 Å². The van der Waals surface area contributed by atoms with Gasteiger partial charge in [0.1, 0.15) is 22.8 Å². The van der Waals surface area contributed by atoms with Gasteiger partial charge < -0.3 is 14.2 Å². The fraction of sp³-hybridized carbons (Fsp3) is 0.286. The molecule has 0 aromatic heterocycles. The van der Waals surface area contributed by atoms with Crippen LogP contribution < -0.4 is 14.2 Å². The van der Waals surface area contributed by atoms with Crippen molar-refractivity contribution in [3.63, 3.8) is 0 Å². The number of esters is 1. The third-order valence-electron chi connectivity index (χ3n) is 5.11. The maximum absolute atomic E-state index is 12.9. The minimum atomic E-state index is -0.479. The van der Waals surface area contributed by atoms with Gasteiger partial charge in [-0.25, -0.2) is 4.79 Å². The van der Waals surface area contributed by atoms with Crippen molar-refractivity contribution in [2.24, 2.45) is 0 Å². The number of carbonyl (C=O) groups excluding carboxylic acids is 1. The molecule has 33 heavy (non-hydrogen) atoms. The van der Waals surface area contributed by atoms with E-state index in [9.17, 15) is 4.79 Å². The van der Waals surface area contributed by atoms with E-state index in [1.165, 1.54) is 0 Å². The maximum atomic E-state index is 12.9. The minimum absolute atomic E-state index is 0.366. The van der Waals surface area contributed by atoms with E-state index >= 15 is 0 Å². The molecule has 0 N–H and O–H groups in total. The lowest BCUT2D eigenvalue weighted by Crippen LogP contribution is -2.12. The smallest absolute Gasteiger partial charge is 0.347 e. The molecule has 3 aromatic carbocycles. The third-order valence-corrected chi connectivity index (χ3v) is 5.11. The molecule has 0 spiro atoms. The van der Waals surface area contributed by atoms with E-state index in [0.717, 1.165) is 36.8 Å². The van der Waals surface area contributed by atoms with Crippen LogP contribution in [0.3, 0.4) is 0 Å². The van der Waals surface area contributed by atoms with Crippen LogP contribution in [0.5, 0.6) is 17.2 Å². The first kappa shape index (κ1) is 23.9. The first-order chi connectivity index (χ1) is 16.1. The number of nitriles is 1. The largest absolute Gasteiger partial charge is 0.493 e. The Morgan fingerprint density at radius 1 is 0.788 bits per heavy atom. The Labute approximate surface area is 195 Å². The molecule has 0 aliphatic rings. The summed E-state index contributed by atoms with van der Waals surface area (Å²) in [5.74, 6) is 1.11. The fourth-order valence-corrected chi connectivity index (χ4v) is 3.16. The Morgan fingerprint density at radius 2 is 1.36 bits per heavy atom. The van der Waals surface area contributed by atoms with Gasteiger partial charge >= 0.3 is 5.97 Å². The first-order valence-electron chi connectivity index (χ1n) is 11.4. The zero-order valence-corrected chi connectivity index (χ0v) is 19.2. The second-order valence-corrected chi connectivity index (χ2v) is 7.67. The number of carbonyl (C=O) groups is 1. The highest BCUT2D eigenvalue weighted by Crippen LogP contribution is 2.28. The van der Waals surface area contributed by atoms with Crippen LogP contribution in [0.1, 0.15) is 55.5 Å². The molecule has 0 fully saturated rings. The van der Waals surface area contributed by atoms with Crippen LogP contribution >= 0.6 is 0 Å². The fourth-order valence-electron chi connectivity index (χ4n) is 3.16. The van der Waals surface area contributed by atoms with E-state index in [-0.39, 0.29) is 0 Å². The number of nitrogens with zero attached hydrogens (tertiary/aromatic N) is 1. The summed E-state index contributed by atoms with van der Waals surface area (Å²) in [5, 5.41) is 8.94. The van der Waals surface area contributed by atoms with Crippen LogP contribution in [0.15, 0.2) is 66.7 Å². The van der Waals surface area contributed by atoms with Crippen LogP contribution in [0.25, 0.3) is 11.1 Å². The zero-order valence-electron chi connectivity index (χ0n) is 19.2. The van der Waals surface area contributed by atoms with E-state index in [1.54, 1.807) is 42.5 Å². The number of rotatable bonds is 11. The van der Waals surface area contributed by atoms with Crippen LogP contribution in [-0.2, 0) is 0 Å². The second-order valence-electron chi connectivity index (χ2n) is 7.67. The van der Waals surface area contributed by atoms with Gasteiger partial charge in [0.05, 0.1) is 24.8 Å². The van der Waals surface area contributed by atoms with Crippen molar-refractivity contribution in [2.75, 3.05) is 13.2 Å². The lowest BCUT2D eigenvalue weighted by Gasteiger charge is -2.13. The van der Waals surface area contributed by atoms with Crippen molar-refractivity contribution in [1.29, 1.82) is 5.26 Å². The lowest BCUT2D eigenvalue weighted by molar-refractivity contribution is 0.0730. The monoisotopic (exact) mass is 443 g/mol. The normalized spacial score (nSPS) is 10.3. The minimum Gasteiger partial charge on any atom is -0.493 e. The number of hydrogen-bond acceptors (Lipinski definition) is 5. The Morgan fingerprint density at radius 3 is 1.97 bits per heavy atom. The summed E-state index contributed by atoms with van der Waals surface area (Å²) in [4.78, 5) is 12.9. The average Bonchev–Trinajstić information content (AvgIpc) is 2.85. The summed E-state index contributed by atoms with van der Waals surface area (Å²) < 4.78 is 17.3. The summed E-state index contributed by atoms with van der Waals surface area (Å²) in [6, 6.07) is 21.9. The molecule has 0 saturated heterocycles. The molecule has 0 atom stereocenters. The predicted molar refractivity (Wildman–Crippen MR) is 129 cm³/mol. The summed E-state index contributed by atoms with van der Waals surface area (Å²) in [5.41, 5.74) is 2.93. The Kier molecular flexibility index (Phi) is 8.90. The molecular formula is C28H29NO4. The van der Waals surface area contributed by atoms with Crippen molar-refractivity contribution >= 4 is 5.97 Å². The van der Waals surface area contributed by atoms with E-state index in [1.807, 2.05) is 24.3 Å². The first-order valence-corrected chi connectivity index (χ1v) is 11.4. The van der Waals surface area contributed by atoms with Gasteiger partial charge in [-0.05, 0) is 60.4 Å². The van der Waals surface area contributed by atoms with Crippen LogP contribution in [0.4, 0.5) is 0 Å².